The van der Waals surface area contributed by atoms with Crippen molar-refractivity contribution in [2.75, 3.05) is 13.2 Å². The molecule has 6 atom stereocenters. The Bertz CT molecular complexity index is 837. The summed E-state index contributed by atoms with van der Waals surface area (Å²) in [6.45, 7) is 9.15. The standard InChI is InChI=1S/C26H38O6/c1-17(28)32-21-6-5-19-18-7-10-25(29)13-26(30-15-22(2,3)16-31-26)12-11-24(25,14-27)20(18)8-9-23(19,21)4/h8,14,18-19,21,29H,5-7,9-13,15-16H2,1-4H3/t18-,19-,21-,23-,24-,25+/m0/s1. The van der Waals surface area contributed by atoms with Gasteiger partial charge in [-0.25, -0.2) is 0 Å². The fraction of sp³-hybridized carbons (Fsp3) is 0.846. The first-order valence-electron chi connectivity index (χ1n) is 12.3. The summed E-state index contributed by atoms with van der Waals surface area (Å²) in [6.07, 6.45) is 8.74. The van der Waals surface area contributed by atoms with Gasteiger partial charge in [0.25, 0.3) is 0 Å². The highest BCUT2D eigenvalue weighted by atomic mass is 16.7. The van der Waals surface area contributed by atoms with Crippen LogP contribution in [0.2, 0.25) is 0 Å². The molecule has 0 radical (unpaired) electrons. The van der Waals surface area contributed by atoms with Gasteiger partial charge in [0.15, 0.2) is 5.79 Å². The van der Waals surface area contributed by atoms with Crippen LogP contribution in [0.15, 0.2) is 11.6 Å². The summed E-state index contributed by atoms with van der Waals surface area (Å²) < 4.78 is 18.2. The molecule has 0 bridgehead atoms. The first kappa shape index (κ1) is 22.5. The lowest BCUT2D eigenvalue weighted by Gasteiger charge is -2.61. The molecule has 178 valence electrons. The maximum absolute atomic E-state index is 12.8. The third kappa shape index (κ3) is 3.08. The van der Waals surface area contributed by atoms with Crippen molar-refractivity contribution in [2.24, 2.45) is 28.1 Å². The Morgan fingerprint density at radius 1 is 1.12 bits per heavy atom. The largest absolute Gasteiger partial charge is 0.462 e. The summed E-state index contributed by atoms with van der Waals surface area (Å²) in [5.41, 5.74) is -1.04. The first-order chi connectivity index (χ1) is 15.0. The molecule has 1 aliphatic heterocycles. The van der Waals surface area contributed by atoms with Crippen LogP contribution >= 0.6 is 0 Å². The molecule has 0 amide bonds. The number of fused-ring (bicyclic) bond motifs is 5. The molecule has 6 nitrogen and oxygen atoms in total. The summed E-state index contributed by atoms with van der Waals surface area (Å²) in [5.74, 6) is -0.392. The van der Waals surface area contributed by atoms with Gasteiger partial charge in [0.05, 0.1) is 24.2 Å². The maximum atomic E-state index is 12.8. The van der Waals surface area contributed by atoms with Crippen molar-refractivity contribution in [3.05, 3.63) is 11.6 Å². The van der Waals surface area contributed by atoms with Crippen LogP contribution in [0.3, 0.4) is 0 Å². The van der Waals surface area contributed by atoms with E-state index in [1.165, 1.54) is 6.92 Å². The smallest absolute Gasteiger partial charge is 0.302 e. The highest BCUT2D eigenvalue weighted by molar-refractivity contribution is 5.70. The summed E-state index contributed by atoms with van der Waals surface area (Å²) in [4.78, 5) is 24.5. The quantitative estimate of drug-likeness (QED) is 0.393. The van der Waals surface area contributed by atoms with E-state index in [4.69, 9.17) is 14.2 Å². The highest BCUT2D eigenvalue weighted by Gasteiger charge is 2.67. The number of esters is 1. The van der Waals surface area contributed by atoms with Crippen LogP contribution in [0.25, 0.3) is 0 Å². The topological polar surface area (TPSA) is 82.1 Å². The van der Waals surface area contributed by atoms with Crippen LogP contribution in [0.1, 0.15) is 79.1 Å². The first-order valence-corrected chi connectivity index (χ1v) is 12.3. The second-order valence-corrected chi connectivity index (χ2v) is 12.2. The average Bonchev–Trinajstić information content (AvgIpc) is 3.06. The molecule has 4 fully saturated rings. The number of ether oxygens (including phenoxy) is 3. The molecule has 5 aliphatic rings. The average molecular weight is 447 g/mol. The van der Waals surface area contributed by atoms with Gasteiger partial charge in [0, 0.05) is 30.6 Å². The van der Waals surface area contributed by atoms with Crippen molar-refractivity contribution in [2.45, 2.75) is 96.6 Å². The number of hydrogen-bond donors (Lipinski definition) is 1. The summed E-state index contributed by atoms with van der Waals surface area (Å²) in [7, 11) is 0. The van der Waals surface area contributed by atoms with E-state index in [9.17, 15) is 14.7 Å². The lowest BCUT2D eigenvalue weighted by molar-refractivity contribution is -0.339. The molecule has 0 aromatic rings. The van der Waals surface area contributed by atoms with E-state index in [0.29, 0.717) is 44.8 Å². The molecule has 3 saturated carbocycles. The molecular formula is C26H38O6. The van der Waals surface area contributed by atoms with Crippen LogP contribution in [-0.2, 0) is 23.8 Å². The van der Waals surface area contributed by atoms with Gasteiger partial charge in [-0.2, -0.15) is 0 Å². The van der Waals surface area contributed by atoms with E-state index >= 15 is 0 Å². The number of rotatable bonds is 2. The minimum absolute atomic E-state index is 0.0396. The van der Waals surface area contributed by atoms with E-state index in [2.05, 4.69) is 26.8 Å². The van der Waals surface area contributed by atoms with Crippen LogP contribution in [0.5, 0.6) is 0 Å². The van der Waals surface area contributed by atoms with Gasteiger partial charge in [-0.3, -0.25) is 4.79 Å². The Morgan fingerprint density at radius 2 is 1.84 bits per heavy atom. The van der Waals surface area contributed by atoms with Crippen LogP contribution in [0.4, 0.5) is 0 Å². The van der Waals surface area contributed by atoms with Crippen molar-refractivity contribution in [3.63, 3.8) is 0 Å². The van der Waals surface area contributed by atoms with E-state index in [-0.39, 0.29) is 28.8 Å². The number of aliphatic hydroxyl groups is 1. The van der Waals surface area contributed by atoms with Crippen molar-refractivity contribution in [1.29, 1.82) is 0 Å². The Kier molecular flexibility index (Phi) is 5.02. The number of hydrogen-bond acceptors (Lipinski definition) is 6. The van der Waals surface area contributed by atoms with Gasteiger partial charge in [-0.1, -0.05) is 32.4 Å². The second-order valence-electron chi connectivity index (χ2n) is 12.2. The highest BCUT2D eigenvalue weighted by Crippen LogP contribution is 2.66. The van der Waals surface area contributed by atoms with E-state index in [1.54, 1.807) is 0 Å². The Morgan fingerprint density at radius 3 is 2.50 bits per heavy atom. The number of carbonyl (C=O) groups excluding carboxylic acids is 2. The molecule has 5 rings (SSSR count). The van der Waals surface area contributed by atoms with Crippen LogP contribution in [0, 0.1) is 28.1 Å². The second kappa shape index (κ2) is 7.13. The zero-order chi connectivity index (χ0) is 23.0. The van der Waals surface area contributed by atoms with Gasteiger partial charge in [-0.05, 0) is 50.4 Å². The third-order valence-electron chi connectivity index (χ3n) is 9.61. The molecule has 6 heteroatoms. The number of aldehydes is 1. The van der Waals surface area contributed by atoms with Gasteiger partial charge in [-0.15, -0.1) is 0 Å². The van der Waals surface area contributed by atoms with Gasteiger partial charge in [0.2, 0.25) is 0 Å². The molecular weight excluding hydrogens is 408 g/mol. The summed E-state index contributed by atoms with van der Waals surface area (Å²) in [6, 6.07) is 0. The Labute approximate surface area is 191 Å². The minimum atomic E-state index is -1.15. The zero-order valence-corrected chi connectivity index (χ0v) is 19.9. The SMILES string of the molecule is CC(=O)O[C@H]1CC[C@H]2[C@@H]3CC[C@@]4(O)CC5(CC[C@]4(C=O)C3=CC[C@]12C)OCC(C)(C)CO5. The molecule has 0 unspecified atom stereocenters. The normalized spacial score (nSPS) is 46.4. The van der Waals surface area contributed by atoms with Crippen molar-refractivity contribution >= 4 is 12.3 Å². The molecule has 0 aromatic carbocycles. The van der Waals surface area contributed by atoms with E-state index < -0.39 is 16.8 Å². The fourth-order valence-corrected chi connectivity index (χ4v) is 7.79. The van der Waals surface area contributed by atoms with Crippen molar-refractivity contribution < 1.29 is 28.9 Å². The van der Waals surface area contributed by atoms with Gasteiger partial charge >= 0.3 is 5.97 Å². The van der Waals surface area contributed by atoms with Crippen molar-refractivity contribution in [3.8, 4) is 0 Å². The van der Waals surface area contributed by atoms with E-state index in [1.807, 2.05) is 0 Å². The maximum Gasteiger partial charge on any atom is 0.302 e. The molecule has 1 spiro atoms. The fourth-order valence-electron chi connectivity index (χ4n) is 7.79. The lowest BCUT2D eigenvalue weighted by Crippen LogP contribution is -2.66. The zero-order valence-electron chi connectivity index (χ0n) is 19.9. The molecule has 32 heavy (non-hydrogen) atoms. The Balaban J connectivity index is 1.45. The third-order valence-corrected chi connectivity index (χ3v) is 9.61. The lowest BCUT2D eigenvalue weighted by atomic mass is 9.47. The number of carbonyl (C=O) groups is 2. The summed E-state index contributed by atoms with van der Waals surface area (Å²) in [5, 5.41) is 12.0. The van der Waals surface area contributed by atoms with E-state index in [0.717, 1.165) is 37.5 Å². The van der Waals surface area contributed by atoms with Crippen molar-refractivity contribution in [1.82, 2.24) is 0 Å². The van der Waals surface area contributed by atoms with Crippen LogP contribution in [-0.4, -0.2) is 48.1 Å². The molecule has 1 N–H and O–H groups in total. The van der Waals surface area contributed by atoms with Gasteiger partial charge in [0.1, 0.15) is 12.4 Å². The number of allylic oxidation sites excluding steroid dienone is 1. The minimum Gasteiger partial charge on any atom is -0.462 e. The predicted octanol–water partition coefficient (Wildman–Crippen LogP) is 3.94. The molecule has 1 saturated heterocycles. The van der Waals surface area contributed by atoms with Crippen LogP contribution < -0.4 is 0 Å². The monoisotopic (exact) mass is 446 g/mol. The molecule has 1 heterocycles. The summed E-state index contributed by atoms with van der Waals surface area (Å²) >= 11 is 0. The molecule has 0 aromatic heterocycles. The Hall–Kier alpha value is -1.24. The molecule has 4 aliphatic carbocycles. The predicted molar refractivity (Wildman–Crippen MR) is 118 cm³/mol. The van der Waals surface area contributed by atoms with Gasteiger partial charge < -0.3 is 24.1 Å².